The van der Waals surface area contributed by atoms with Crippen LogP contribution in [0.15, 0.2) is 66.7 Å². The summed E-state index contributed by atoms with van der Waals surface area (Å²) in [6.07, 6.45) is 3.13. The molecule has 1 heterocycles. The number of methoxy groups -OCH3 is 1. The van der Waals surface area contributed by atoms with E-state index >= 15 is 0 Å². The van der Waals surface area contributed by atoms with Gasteiger partial charge < -0.3 is 25.2 Å². The molecule has 2 N–H and O–H groups in total. The van der Waals surface area contributed by atoms with E-state index in [9.17, 15) is 9.59 Å². The standard InChI is InChI=1S/C42H57N5O3S/c1-27-36-21-32(42(36,2)3)22-37(27)44-41(49)38-25-51-26-47(38)23-29-15-12-16-35(39(29)50-8)30-18-31(20-34(19-30)46(6)7)40(48)43-33(24-45(4)5)17-28-13-10-9-11-14-28/h9-16,18-20,27,32-33,36-38H,17,21-26H2,1-8H3,(H,43,48)(H,44,49)/t27-,32+,33-,36-,37-,38-/m0/s1. The highest BCUT2D eigenvalue weighted by atomic mass is 32.2. The normalized spacial score (nSPS) is 24.5. The predicted octanol–water partition coefficient (Wildman–Crippen LogP) is 6.39. The third-order valence-corrected chi connectivity index (χ3v) is 13.0. The number of rotatable bonds is 13. The summed E-state index contributed by atoms with van der Waals surface area (Å²) in [7, 11) is 9.76. The number of amides is 2. The molecule has 0 unspecified atom stereocenters. The van der Waals surface area contributed by atoms with Gasteiger partial charge in [-0.1, -0.05) is 69.3 Å². The van der Waals surface area contributed by atoms with Crippen LogP contribution in [-0.4, -0.2) is 93.2 Å². The molecule has 0 aromatic heterocycles. The first-order valence-electron chi connectivity index (χ1n) is 18.5. The van der Waals surface area contributed by atoms with Crippen LogP contribution in [0.4, 0.5) is 5.69 Å². The van der Waals surface area contributed by atoms with Crippen molar-refractivity contribution in [3.63, 3.8) is 0 Å². The second-order valence-electron chi connectivity index (χ2n) is 16.1. The number of hydrogen-bond acceptors (Lipinski definition) is 7. The number of nitrogens with one attached hydrogen (secondary N) is 2. The van der Waals surface area contributed by atoms with Gasteiger partial charge in [-0.25, -0.2) is 0 Å². The highest BCUT2D eigenvalue weighted by molar-refractivity contribution is 7.99. The van der Waals surface area contributed by atoms with E-state index in [2.05, 4.69) is 77.6 Å². The summed E-state index contributed by atoms with van der Waals surface area (Å²) >= 11 is 1.81. The monoisotopic (exact) mass is 711 g/mol. The van der Waals surface area contributed by atoms with Crippen molar-refractivity contribution in [3.05, 3.63) is 83.4 Å². The quantitative estimate of drug-likeness (QED) is 0.213. The average molecular weight is 712 g/mol. The molecule has 8 nitrogen and oxygen atoms in total. The van der Waals surface area contributed by atoms with Gasteiger partial charge >= 0.3 is 0 Å². The highest BCUT2D eigenvalue weighted by Crippen LogP contribution is 2.61. The van der Waals surface area contributed by atoms with Crippen molar-refractivity contribution in [2.24, 2.45) is 23.2 Å². The molecule has 1 aliphatic heterocycles. The Labute approximate surface area is 309 Å². The van der Waals surface area contributed by atoms with Crippen LogP contribution in [0.25, 0.3) is 11.1 Å². The SMILES string of the molecule is COc1c(CN2CSC[C@H]2C(=O)N[C@H]2C[C@H]3C[C@@H]([C@@H]2C)C3(C)C)cccc1-c1cc(C(=O)N[C@@H](Cc2ccccc2)CN(C)C)cc(N(C)C)c1. The lowest BCUT2D eigenvalue weighted by molar-refractivity contribution is -0.136. The van der Waals surface area contributed by atoms with Crippen molar-refractivity contribution in [2.45, 2.75) is 64.7 Å². The number of fused-ring (bicyclic) bond motifs is 2. The molecule has 274 valence electrons. The number of hydrogen-bond donors (Lipinski definition) is 2. The van der Waals surface area contributed by atoms with Gasteiger partial charge in [0, 0.05) is 73.3 Å². The van der Waals surface area contributed by atoms with Gasteiger partial charge in [0.25, 0.3) is 5.91 Å². The van der Waals surface area contributed by atoms with Gasteiger partial charge in [0.15, 0.2) is 0 Å². The number of ether oxygens (including phenoxy) is 1. The number of likely N-dealkylation sites (N-methyl/N-ethyl adjacent to an activating group) is 1. The van der Waals surface area contributed by atoms with E-state index in [1.54, 1.807) is 7.11 Å². The van der Waals surface area contributed by atoms with E-state index in [4.69, 9.17) is 4.74 Å². The number of carbonyl (C=O) groups excluding carboxylic acids is 2. The topological polar surface area (TPSA) is 77.1 Å². The fourth-order valence-electron chi connectivity index (χ4n) is 8.82. The Balaban J connectivity index is 1.21. The Bertz CT molecular complexity index is 1690. The van der Waals surface area contributed by atoms with Crippen LogP contribution in [0.1, 0.15) is 55.1 Å². The zero-order valence-corrected chi connectivity index (χ0v) is 32.6. The molecule has 6 atom stereocenters. The fraction of sp³-hybridized carbons (Fsp3) is 0.524. The second kappa shape index (κ2) is 15.6. The maximum Gasteiger partial charge on any atom is 0.251 e. The zero-order valence-electron chi connectivity index (χ0n) is 31.7. The van der Waals surface area contributed by atoms with Gasteiger partial charge in [0.1, 0.15) is 5.75 Å². The minimum atomic E-state index is -0.180. The maximum atomic E-state index is 13.9. The molecule has 0 spiro atoms. The van der Waals surface area contributed by atoms with Crippen LogP contribution in [0.5, 0.6) is 5.75 Å². The molecule has 51 heavy (non-hydrogen) atoms. The number of thioether (sulfide) groups is 1. The van der Waals surface area contributed by atoms with Crippen LogP contribution in [0.3, 0.4) is 0 Å². The Morgan fingerprint density at radius 2 is 1.78 bits per heavy atom. The minimum Gasteiger partial charge on any atom is -0.496 e. The van der Waals surface area contributed by atoms with Gasteiger partial charge in [-0.05, 0) is 85.9 Å². The van der Waals surface area contributed by atoms with Crippen molar-refractivity contribution in [1.29, 1.82) is 0 Å². The molecule has 3 aromatic carbocycles. The van der Waals surface area contributed by atoms with Crippen LogP contribution in [0.2, 0.25) is 0 Å². The lowest BCUT2D eigenvalue weighted by Crippen LogP contribution is -2.62. The number of carbonyl (C=O) groups is 2. The van der Waals surface area contributed by atoms with Crippen molar-refractivity contribution in [1.82, 2.24) is 20.4 Å². The van der Waals surface area contributed by atoms with Gasteiger partial charge in [0.05, 0.1) is 13.2 Å². The number of benzene rings is 3. The highest BCUT2D eigenvalue weighted by Gasteiger charge is 2.56. The largest absolute Gasteiger partial charge is 0.496 e. The first kappa shape index (κ1) is 37.2. The Morgan fingerprint density at radius 3 is 2.45 bits per heavy atom. The zero-order chi connectivity index (χ0) is 36.4. The molecule has 3 aliphatic carbocycles. The predicted molar refractivity (Wildman–Crippen MR) is 210 cm³/mol. The Morgan fingerprint density at radius 1 is 1.02 bits per heavy atom. The summed E-state index contributed by atoms with van der Waals surface area (Å²) in [5, 5.41) is 6.82. The Hall–Kier alpha value is -3.53. The van der Waals surface area contributed by atoms with Crippen molar-refractivity contribution < 1.29 is 14.3 Å². The lowest BCUT2D eigenvalue weighted by atomic mass is 9.45. The van der Waals surface area contributed by atoms with Crippen LogP contribution >= 0.6 is 11.8 Å². The minimum absolute atomic E-state index is 0.0541. The molecule has 2 bridgehead atoms. The van der Waals surface area contributed by atoms with Gasteiger partial charge in [0.2, 0.25) is 5.91 Å². The Kier molecular flexibility index (Phi) is 11.4. The molecule has 4 aliphatic rings. The van der Waals surface area contributed by atoms with Gasteiger partial charge in [-0.2, -0.15) is 0 Å². The number of anilines is 1. The second-order valence-corrected chi connectivity index (χ2v) is 17.1. The number of para-hydroxylation sites is 1. The number of nitrogens with zero attached hydrogens (tertiary/aromatic N) is 3. The molecule has 2 amide bonds. The lowest BCUT2D eigenvalue weighted by Gasteiger charge is -2.62. The van der Waals surface area contributed by atoms with E-state index in [0.29, 0.717) is 35.3 Å². The molecule has 1 saturated heterocycles. The first-order valence-corrected chi connectivity index (χ1v) is 19.6. The van der Waals surface area contributed by atoms with Crippen LogP contribution < -0.4 is 20.3 Å². The van der Waals surface area contributed by atoms with Crippen molar-refractivity contribution >= 4 is 29.3 Å². The van der Waals surface area contributed by atoms with E-state index in [0.717, 1.165) is 59.1 Å². The van der Waals surface area contributed by atoms with Crippen molar-refractivity contribution in [3.8, 4) is 16.9 Å². The average Bonchev–Trinajstić information content (AvgIpc) is 3.57. The summed E-state index contributed by atoms with van der Waals surface area (Å²) in [5.41, 5.74) is 5.98. The summed E-state index contributed by atoms with van der Waals surface area (Å²) in [6.45, 7) is 8.46. The van der Waals surface area contributed by atoms with Crippen LogP contribution in [0, 0.1) is 23.2 Å². The molecule has 3 saturated carbocycles. The summed E-state index contributed by atoms with van der Waals surface area (Å²) in [5.74, 6) is 4.30. The van der Waals surface area contributed by atoms with E-state index in [-0.39, 0.29) is 29.9 Å². The smallest absolute Gasteiger partial charge is 0.251 e. The molecule has 4 fully saturated rings. The van der Waals surface area contributed by atoms with Gasteiger partial charge in [-0.3, -0.25) is 14.5 Å². The molecule has 3 aromatic rings. The first-order chi connectivity index (χ1) is 24.3. The van der Waals surface area contributed by atoms with Gasteiger partial charge in [-0.15, -0.1) is 11.8 Å². The van der Waals surface area contributed by atoms with E-state index in [1.807, 2.05) is 75.2 Å². The molecule has 0 radical (unpaired) electrons. The summed E-state index contributed by atoms with van der Waals surface area (Å²) < 4.78 is 6.13. The molecular formula is C42H57N5O3S. The van der Waals surface area contributed by atoms with Crippen molar-refractivity contribution in [2.75, 3.05) is 58.4 Å². The molecule has 7 rings (SSSR count). The molecular weight excluding hydrogens is 655 g/mol. The van der Waals surface area contributed by atoms with Crippen LogP contribution in [-0.2, 0) is 17.8 Å². The summed E-state index contributed by atoms with van der Waals surface area (Å²) in [4.78, 5) is 34.1. The molecule has 9 heteroatoms. The van der Waals surface area contributed by atoms with E-state index in [1.165, 1.54) is 12.0 Å². The van der Waals surface area contributed by atoms with E-state index < -0.39 is 0 Å². The third kappa shape index (κ3) is 8.11. The fourth-order valence-corrected chi connectivity index (χ4v) is 10.0. The maximum absolute atomic E-state index is 13.9. The summed E-state index contributed by atoms with van der Waals surface area (Å²) in [6, 6.07) is 22.6. The third-order valence-electron chi connectivity index (χ3n) is 11.9.